The van der Waals surface area contributed by atoms with Crippen LogP contribution in [0.1, 0.15) is 42.3 Å². The van der Waals surface area contributed by atoms with E-state index >= 15 is 0 Å². The van der Waals surface area contributed by atoms with Crippen molar-refractivity contribution in [2.24, 2.45) is 0 Å². The molecule has 1 aliphatic rings. The van der Waals surface area contributed by atoms with E-state index in [-0.39, 0.29) is 6.61 Å². The van der Waals surface area contributed by atoms with Crippen LogP contribution in [0.5, 0.6) is 11.5 Å². The Bertz CT molecular complexity index is 1590. The Morgan fingerprint density at radius 2 is 2.03 bits per heavy atom. The first-order valence-corrected chi connectivity index (χ1v) is 13.1. The molecule has 38 heavy (non-hydrogen) atoms. The van der Waals surface area contributed by atoms with Crippen molar-refractivity contribution < 1.29 is 27.8 Å². The predicted molar refractivity (Wildman–Crippen MR) is 139 cm³/mol. The second-order valence-corrected chi connectivity index (χ2v) is 10.1. The van der Waals surface area contributed by atoms with E-state index in [0.717, 1.165) is 29.6 Å². The molecule has 1 saturated heterocycles. The minimum absolute atomic E-state index is 0.244. The summed E-state index contributed by atoms with van der Waals surface area (Å²) in [4.78, 5) is 9.83. The quantitative estimate of drug-likeness (QED) is 0.242. The third kappa shape index (κ3) is 4.40. The minimum atomic E-state index is -1.17. The van der Waals surface area contributed by atoms with Gasteiger partial charge in [0.05, 0.1) is 30.1 Å². The maximum Gasteiger partial charge on any atom is 0.212 e. The highest BCUT2D eigenvalue weighted by Gasteiger charge is 2.36. The van der Waals surface area contributed by atoms with Crippen LogP contribution in [0.15, 0.2) is 47.0 Å². The molecule has 0 saturated carbocycles. The first kappa shape index (κ1) is 24.8. The topological polar surface area (TPSA) is 93.1 Å². The number of nitrogens with zero attached hydrogens (tertiary/aromatic N) is 4. The molecule has 0 spiro atoms. The molecular formula is C27H27FN4O5S. The van der Waals surface area contributed by atoms with E-state index in [1.165, 1.54) is 18.3 Å². The average molecular weight is 539 g/mol. The monoisotopic (exact) mass is 538 g/mol. The zero-order chi connectivity index (χ0) is 26.3. The second kappa shape index (κ2) is 9.97. The van der Waals surface area contributed by atoms with Crippen molar-refractivity contribution in [2.45, 2.75) is 38.1 Å². The number of halogens is 1. The molecule has 11 heteroatoms. The summed E-state index contributed by atoms with van der Waals surface area (Å²) in [7, 11) is 3.31. The number of alkyl halides is 1. The second-order valence-electron chi connectivity index (χ2n) is 9.16. The van der Waals surface area contributed by atoms with Crippen molar-refractivity contribution in [1.82, 2.24) is 19.6 Å². The first-order chi connectivity index (χ1) is 18.5. The number of hydrogen-bond donors (Lipinski definition) is 0. The van der Waals surface area contributed by atoms with Gasteiger partial charge in [-0.3, -0.25) is 4.98 Å². The van der Waals surface area contributed by atoms with Crippen LogP contribution in [0.3, 0.4) is 0 Å². The Balaban J connectivity index is 1.31. The van der Waals surface area contributed by atoms with Gasteiger partial charge in [0.25, 0.3) is 0 Å². The van der Waals surface area contributed by atoms with E-state index in [1.807, 2.05) is 30.3 Å². The van der Waals surface area contributed by atoms with Crippen LogP contribution in [0.25, 0.3) is 27.4 Å². The summed E-state index contributed by atoms with van der Waals surface area (Å²) in [6.45, 7) is 2.98. The lowest BCUT2D eigenvalue weighted by atomic mass is 9.90. The van der Waals surface area contributed by atoms with Gasteiger partial charge in [0.1, 0.15) is 35.0 Å². The number of methoxy groups -OCH3 is 2. The number of rotatable bonds is 8. The number of aromatic nitrogens is 4. The maximum atomic E-state index is 13.8. The third-order valence-corrected chi connectivity index (χ3v) is 7.92. The molecule has 0 N–H and O–H groups in total. The fourth-order valence-electron chi connectivity index (χ4n) is 4.71. The van der Waals surface area contributed by atoms with Crippen LogP contribution in [-0.4, -0.2) is 47.0 Å². The van der Waals surface area contributed by atoms with Gasteiger partial charge in [0, 0.05) is 45.3 Å². The van der Waals surface area contributed by atoms with Crippen LogP contribution in [0, 0.1) is 0 Å². The van der Waals surface area contributed by atoms with Gasteiger partial charge >= 0.3 is 0 Å². The van der Waals surface area contributed by atoms with Crippen molar-refractivity contribution >= 4 is 27.3 Å². The van der Waals surface area contributed by atoms with Crippen molar-refractivity contribution in [3.63, 3.8) is 0 Å². The molecule has 1 atom stereocenters. The normalized spacial score (nSPS) is 16.2. The van der Waals surface area contributed by atoms with Crippen LogP contribution in [0.4, 0.5) is 4.39 Å². The van der Waals surface area contributed by atoms with Gasteiger partial charge in [0.2, 0.25) is 4.96 Å². The summed E-state index contributed by atoms with van der Waals surface area (Å²) < 4.78 is 44.8. The lowest BCUT2D eigenvalue weighted by molar-refractivity contribution is -0.0974. The number of fused-ring (bicyclic) bond motifs is 2. The van der Waals surface area contributed by atoms with E-state index in [4.69, 9.17) is 28.3 Å². The van der Waals surface area contributed by atoms with Crippen LogP contribution < -0.4 is 9.47 Å². The van der Waals surface area contributed by atoms with Crippen molar-refractivity contribution in [1.29, 1.82) is 0 Å². The Morgan fingerprint density at radius 1 is 1.18 bits per heavy atom. The van der Waals surface area contributed by atoms with Crippen LogP contribution >= 0.6 is 11.3 Å². The lowest BCUT2D eigenvalue weighted by Crippen LogP contribution is -2.36. The molecular weight excluding hydrogens is 511 g/mol. The number of pyridine rings is 1. The van der Waals surface area contributed by atoms with Gasteiger partial charge in [-0.25, -0.2) is 9.37 Å². The predicted octanol–water partition coefficient (Wildman–Crippen LogP) is 5.87. The standard InChI is InChI=1S/C27H27FN4O5S/c1-16(28)25-31-32-20(14-29-26(32)38-25)23-13-19-21(11-18(33-2)12-22(19)37-23)36-15-17-5-4-6-24(30-17)27(34-3)7-9-35-10-8-27/h4-6,11-14,16H,7-10,15H2,1-3H3. The van der Waals surface area contributed by atoms with Gasteiger partial charge < -0.3 is 23.4 Å². The molecule has 1 fully saturated rings. The van der Waals surface area contributed by atoms with Crippen molar-refractivity contribution in [3.8, 4) is 23.0 Å². The summed E-state index contributed by atoms with van der Waals surface area (Å²) in [5.74, 6) is 1.72. The lowest BCUT2D eigenvalue weighted by Gasteiger charge is -2.35. The van der Waals surface area contributed by atoms with Gasteiger partial charge in [-0.2, -0.15) is 9.61 Å². The van der Waals surface area contributed by atoms with Gasteiger partial charge in [0.15, 0.2) is 16.9 Å². The SMILES string of the molecule is COc1cc(OCc2cccc(C3(OC)CCOCC3)n2)c2cc(-c3cnc4sc(C(C)F)nn34)oc2c1. The summed E-state index contributed by atoms with van der Waals surface area (Å²) >= 11 is 1.21. The molecule has 5 heterocycles. The van der Waals surface area contributed by atoms with Crippen LogP contribution in [0.2, 0.25) is 0 Å². The number of benzene rings is 1. The van der Waals surface area contributed by atoms with E-state index in [1.54, 1.807) is 31.0 Å². The molecule has 4 aromatic heterocycles. The van der Waals surface area contributed by atoms with Gasteiger partial charge in [-0.1, -0.05) is 17.4 Å². The Hall–Kier alpha value is -3.54. The summed E-state index contributed by atoms with van der Waals surface area (Å²) in [6.07, 6.45) is 1.99. The largest absolute Gasteiger partial charge is 0.496 e. The fraction of sp³-hybridized carbons (Fsp3) is 0.370. The number of hydrogen-bond acceptors (Lipinski definition) is 9. The first-order valence-electron chi connectivity index (χ1n) is 12.3. The summed E-state index contributed by atoms with van der Waals surface area (Å²) in [5.41, 5.74) is 2.41. The molecule has 1 aromatic carbocycles. The molecule has 1 unspecified atom stereocenters. The molecule has 0 radical (unpaired) electrons. The smallest absolute Gasteiger partial charge is 0.212 e. The van der Waals surface area contributed by atoms with E-state index in [0.29, 0.717) is 51.7 Å². The van der Waals surface area contributed by atoms with Crippen LogP contribution in [-0.2, 0) is 21.7 Å². The highest BCUT2D eigenvalue weighted by molar-refractivity contribution is 7.16. The van der Waals surface area contributed by atoms with E-state index in [9.17, 15) is 4.39 Å². The highest BCUT2D eigenvalue weighted by atomic mass is 32.1. The molecule has 6 rings (SSSR count). The number of furan rings is 1. The van der Waals surface area contributed by atoms with Crippen molar-refractivity contribution in [2.75, 3.05) is 27.4 Å². The zero-order valence-electron chi connectivity index (χ0n) is 21.3. The average Bonchev–Trinajstić information content (AvgIpc) is 3.66. The molecule has 198 valence electrons. The van der Waals surface area contributed by atoms with Gasteiger partial charge in [-0.05, 0) is 25.1 Å². The molecule has 9 nitrogen and oxygen atoms in total. The van der Waals surface area contributed by atoms with Crippen molar-refractivity contribution in [3.05, 3.63) is 59.0 Å². The minimum Gasteiger partial charge on any atom is -0.496 e. The highest BCUT2D eigenvalue weighted by Crippen LogP contribution is 2.38. The van der Waals surface area contributed by atoms with Gasteiger partial charge in [-0.15, -0.1) is 0 Å². The number of ether oxygens (including phenoxy) is 4. The maximum absolute atomic E-state index is 13.8. The summed E-state index contributed by atoms with van der Waals surface area (Å²) in [5, 5.41) is 5.49. The van der Waals surface area contributed by atoms with E-state index < -0.39 is 11.8 Å². The van der Waals surface area contributed by atoms with E-state index in [2.05, 4.69) is 10.1 Å². The summed E-state index contributed by atoms with van der Waals surface area (Å²) in [6, 6.07) is 11.4. The molecule has 0 aliphatic carbocycles. The number of imidazole rings is 1. The Morgan fingerprint density at radius 3 is 2.79 bits per heavy atom. The Kier molecular flexibility index (Phi) is 6.50. The molecule has 0 bridgehead atoms. The fourth-order valence-corrected chi connectivity index (χ4v) is 5.52. The molecule has 1 aliphatic heterocycles. The molecule has 0 amide bonds. The zero-order valence-corrected chi connectivity index (χ0v) is 22.1. The third-order valence-electron chi connectivity index (χ3n) is 6.84. The molecule has 5 aromatic rings. The Labute approximate surface area is 222 Å².